The molecule has 0 aliphatic carbocycles. The molecule has 2 fully saturated rings. The van der Waals surface area contributed by atoms with Crippen LogP contribution in [-0.4, -0.2) is 79.7 Å². The molecule has 2 aromatic rings. The number of alkyl halides is 3. The van der Waals surface area contributed by atoms with E-state index < -0.39 is 41.7 Å². The summed E-state index contributed by atoms with van der Waals surface area (Å²) >= 11 is 7.79. The lowest BCUT2D eigenvalue weighted by atomic mass is 10.1. The maximum Gasteiger partial charge on any atom is 0.390 e. The highest BCUT2D eigenvalue weighted by Crippen LogP contribution is 2.31. The first-order chi connectivity index (χ1) is 19.0. The van der Waals surface area contributed by atoms with Crippen LogP contribution >= 0.6 is 23.4 Å². The Morgan fingerprint density at radius 1 is 1.07 bits per heavy atom. The number of hydrogen-bond acceptors (Lipinski definition) is 6. The van der Waals surface area contributed by atoms with Gasteiger partial charge in [0.1, 0.15) is 0 Å². The maximum absolute atomic E-state index is 14.9. The zero-order valence-corrected chi connectivity index (χ0v) is 23.0. The van der Waals surface area contributed by atoms with Crippen molar-refractivity contribution in [1.29, 1.82) is 0 Å². The number of nitrogens with one attached hydrogen (secondary N) is 3. The van der Waals surface area contributed by atoms with Crippen molar-refractivity contribution in [3.63, 3.8) is 0 Å². The maximum atomic E-state index is 14.9. The summed E-state index contributed by atoms with van der Waals surface area (Å²) in [5.41, 5.74) is 0.204. The van der Waals surface area contributed by atoms with Crippen LogP contribution in [0.3, 0.4) is 0 Å². The number of hydrogen-bond donors (Lipinski definition) is 3. The predicted octanol–water partition coefficient (Wildman–Crippen LogP) is 4.27. The highest BCUT2D eigenvalue weighted by atomic mass is 35.5. The second-order valence-electron chi connectivity index (χ2n) is 9.51. The topological polar surface area (TPSA) is 76.7 Å². The number of halogens is 6. The fourth-order valence-corrected chi connectivity index (χ4v) is 5.60. The van der Waals surface area contributed by atoms with Crippen molar-refractivity contribution in [3.05, 3.63) is 58.1 Å². The lowest BCUT2D eigenvalue weighted by molar-refractivity contribution is -0.138. The first-order valence-corrected chi connectivity index (χ1v) is 14.3. The minimum Gasteiger partial charge on any atom is -0.367 e. The monoisotopic (exact) mass is 605 g/mol. The molecule has 2 heterocycles. The number of piperazine rings is 1. The number of anilines is 2. The molecule has 1 unspecified atom stereocenters. The van der Waals surface area contributed by atoms with E-state index in [0.29, 0.717) is 54.9 Å². The van der Waals surface area contributed by atoms with Crippen LogP contribution in [0.15, 0.2) is 30.3 Å². The van der Waals surface area contributed by atoms with Crippen molar-refractivity contribution in [2.45, 2.75) is 25.2 Å². The van der Waals surface area contributed by atoms with Crippen molar-refractivity contribution in [3.8, 4) is 0 Å². The fraction of sp³-hybridized carbons (Fsp3) is 0.462. The molecule has 2 aliphatic rings. The Morgan fingerprint density at radius 2 is 1.82 bits per heavy atom. The molecule has 40 heavy (non-hydrogen) atoms. The van der Waals surface area contributed by atoms with Crippen LogP contribution in [0.5, 0.6) is 0 Å². The quantitative estimate of drug-likeness (QED) is 0.391. The highest BCUT2D eigenvalue weighted by Gasteiger charge is 2.29. The second kappa shape index (κ2) is 13.4. The molecule has 2 aromatic carbocycles. The van der Waals surface area contributed by atoms with Gasteiger partial charge in [-0.3, -0.25) is 14.5 Å². The van der Waals surface area contributed by atoms with Gasteiger partial charge in [-0.15, -0.1) is 0 Å². The van der Waals surface area contributed by atoms with Gasteiger partial charge in [0, 0.05) is 67.9 Å². The van der Waals surface area contributed by atoms with Crippen LogP contribution in [0.4, 0.5) is 33.3 Å². The molecule has 3 N–H and O–H groups in total. The van der Waals surface area contributed by atoms with E-state index in [1.807, 2.05) is 4.90 Å². The SMILES string of the molecule is O=C(Nc1ccc(Cl)cc1N1CCN(CCC(F)(F)F)CC1)c1ccc(CNC(=O)C2CSCCN2)c(F)c1F. The molecule has 0 radical (unpaired) electrons. The minimum absolute atomic E-state index is 0.0959. The lowest BCUT2D eigenvalue weighted by Gasteiger charge is -2.37. The van der Waals surface area contributed by atoms with Crippen LogP contribution < -0.4 is 20.9 Å². The molecular weight excluding hydrogens is 577 g/mol. The van der Waals surface area contributed by atoms with Crippen molar-refractivity contribution in [2.75, 3.05) is 61.0 Å². The second-order valence-corrected chi connectivity index (χ2v) is 11.1. The van der Waals surface area contributed by atoms with Gasteiger partial charge >= 0.3 is 6.18 Å². The van der Waals surface area contributed by atoms with E-state index in [4.69, 9.17) is 11.6 Å². The fourth-order valence-electron chi connectivity index (χ4n) is 4.50. The molecular formula is C26H29ClF5N5O2S. The summed E-state index contributed by atoms with van der Waals surface area (Å²) < 4.78 is 67.5. The van der Waals surface area contributed by atoms with E-state index in [1.54, 1.807) is 22.7 Å². The Morgan fingerprint density at radius 3 is 2.50 bits per heavy atom. The first-order valence-electron chi connectivity index (χ1n) is 12.7. The van der Waals surface area contributed by atoms with Crippen molar-refractivity contribution in [2.24, 2.45) is 0 Å². The molecule has 14 heteroatoms. The van der Waals surface area contributed by atoms with E-state index >= 15 is 0 Å². The third-order valence-corrected chi connectivity index (χ3v) is 8.03. The Kier molecular flexibility index (Phi) is 10.1. The number of benzene rings is 2. The number of carbonyl (C=O) groups excluding carboxylic acids is 2. The molecule has 2 amide bonds. The molecule has 218 valence electrons. The van der Waals surface area contributed by atoms with E-state index in [-0.39, 0.29) is 24.6 Å². The Bertz CT molecular complexity index is 1220. The van der Waals surface area contributed by atoms with Crippen LogP contribution in [-0.2, 0) is 11.3 Å². The van der Waals surface area contributed by atoms with Gasteiger partial charge in [0.2, 0.25) is 5.91 Å². The molecule has 0 saturated carbocycles. The van der Waals surface area contributed by atoms with Crippen LogP contribution in [0.25, 0.3) is 0 Å². The Balaban J connectivity index is 1.40. The molecule has 0 spiro atoms. The summed E-state index contributed by atoms with van der Waals surface area (Å²) in [6.07, 6.45) is -5.12. The number of thioether (sulfide) groups is 1. The summed E-state index contributed by atoms with van der Waals surface area (Å²) in [6.45, 7) is 1.88. The average molecular weight is 606 g/mol. The summed E-state index contributed by atoms with van der Waals surface area (Å²) in [4.78, 5) is 28.8. The Labute approximate surface area is 237 Å². The van der Waals surface area contributed by atoms with Crippen LogP contribution in [0.1, 0.15) is 22.3 Å². The van der Waals surface area contributed by atoms with Crippen molar-refractivity contribution >= 4 is 46.6 Å². The third kappa shape index (κ3) is 7.99. The lowest BCUT2D eigenvalue weighted by Crippen LogP contribution is -2.48. The molecule has 1 atom stereocenters. The van der Waals surface area contributed by atoms with Gasteiger partial charge in [-0.25, -0.2) is 8.78 Å². The van der Waals surface area contributed by atoms with Gasteiger partial charge < -0.3 is 20.9 Å². The first kappa shape index (κ1) is 30.4. The smallest absolute Gasteiger partial charge is 0.367 e. The number of carbonyl (C=O) groups is 2. The highest BCUT2D eigenvalue weighted by molar-refractivity contribution is 7.99. The molecule has 7 nitrogen and oxygen atoms in total. The largest absolute Gasteiger partial charge is 0.390 e. The van der Waals surface area contributed by atoms with Crippen molar-refractivity contribution < 1.29 is 31.5 Å². The molecule has 4 rings (SSSR count). The summed E-state index contributed by atoms with van der Waals surface area (Å²) in [5.74, 6) is -2.29. The average Bonchev–Trinajstić information content (AvgIpc) is 2.94. The molecule has 2 aliphatic heterocycles. The molecule has 2 saturated heterocycles. The third-order valence-electron chi connectivity index (χ3n) is 6.73. The van der Waals surface area contributed by atoms with Crippen molar-refractivity contribution in [1.82, 2.24) is 15.5 Å². The summed E-state index contributed by atoms with van der Waals surface area (Å²) in [7, 11) is 0. The molecule has 0 aromatic heterocycles. The van der Waals surface area contributed by atoms with Gasteiger partial charge in [-0.1, -0.05) is 17.7 Å². The van der Waals surface area contributed by atoms with Gasteiger partial charge in [-0.2, -0.15) is 24.9 Å². The number of rotatable bonds is 8. The van der Waals surface area contributed by atoms with Gasteiger partial charge in [0.15, 0.2) is 11.6 Å². The van der Waals surface area contributed by atoms with Gasteiger partial charge in [-0.05, 0) is 24.3 Å². The molecule has 0 bridgehead atoms. The zero-order valence-electron chi connectivity index (χ0n) is 21.4. The number of amides is 2. The standard InChI is InChI=1S/C26H29ClF5N5O2S/c27-17-2-4-19(21(13-17)37-10-8-36(9-11-37)7-5-26(30,31)32)35-24(38)18-3-1-16(22(28)23(18)29)14-34-25(39)20-15-40-12-6-33-20/h1-4,13,20,33H,5-12,14-15H2,(H,34,39)(H,35,38). The van der Waals surface area contributed by atoms with Crippen LogP contribution in [0, 0.1) is 11.6 Å². The predicted molar refractivity (Wildman–Crippen MR) is 146 cm³/mol. The summed E-state index contributed by atoms with van der Waals surface area (Å²) in [5, 5.41) is 8.63. The minimum atomic E-state index is -4.23. The van der Waals surface area contributed by atoms with Gasteiger partial charge in [0.05, 0.1) is 29.4 Å². The van der Waals surface area contributed by atoms with Crippen LogP contribution in [0.2, 0.25) is 5.02 Å². The number of nitrogens with zero attached hydrogens (tertiary/aromatic N) is 2. The van der Waals surface area contributed by atoms with E-state index in [9.17, 15) is 31.5 Å². The van der Waals surface area contributed by atoms with Gasteiger partial charge in [0.25, 0.3) is 5.91 Å². The Hall–Kier alpha value is -2.61. The van der Waals surface area contributed by atoms with E-state index in [2.05, 4.69) is 16.0 Å². The zero-order chi connectivity index (χ0) is 28.9. The van der Waals surface area contributed by atoms with E-state index in [1.165, 1.54) is 18.2 Å². The normalized spacial score (nSPS) is 18.4. The van der Waals surface area contributed by atoms with E-state index in [0.717, 1.165) is 11.8 Å². The summed E-state index contributed by atoms with van der Waals surface area (Å²) in [6, 6.07) is 6.65.